The summed E-state index contributed by atoms with van der Waals surface area (Å²) in [5, 5.41) is 2.24. The maximum Gasteiger partial charge on any atom is 0.352 e. The van der Waals surface area contributed by atoms with E-state index in [1.54, 1.807) is 0 Å². The van der Waals surface area contributed by atoms with E-state index in [1.807, 2.05) is 0 Å². The SMILES string of the molecule is O=P(O)(O)CNc1ccccc1S(=O)(=O)OCP(=O)(O)O. The summed E-state index contributed by atoms with van der Waals surface area (Å²) in [4.78, 5) is 34.2. The lowest BCUT2D eigenvalue weighted by Gasteiger charge is -2.13. The average molecular weight is 361 g/mol. The van der Waals surface area contributed by atoms with Crippen molar-refractivity contribution in [2.24, 2.45) is 0 Å². The van der Waals surface area contributed by atoms with Gasteiger partial charge in [-0.15, -0.1) is 0 Å². The van der Waals surface area contributed by atoms with Gasteiger partial charge in [-0.25, -0.2) is 0 Å². The van der Waals surface area contributed by atoms with E-state index in [0.29, 0.717) is 0 Å². The Hall–Kier alpha value is -0.770. The number of hydrogen-bond donors (Lipinski definition) is 5. The van der Waals surface area contributed by atoms with Crippen molar-refractivity contribution in [2.75, 3.05) is 18.0 Å². The lowest BCUT2D eigenvalue weighted by atomic mass is 10.3. The molecule has 0 radical (unpaired) electrons. The first-order chi connectivity index (χ1) is 9.41. The van der Waals surface area contributed by atoms with Crippen LogP contribution in [0, 0.1) is 0 Å². The predicted octanol–water partition coefficient (Wildman–Crippen LogP) is 0.0742. The van der Waals surface area contributed by atoms with Gasteiger partial charge in [0.05, 0.1) is 5.69 Å². The minimum absolute atomic E-state index is 0.161. The second-order valence-corrected chi connectivity index (χ2v) is 8.68. The minimum atomic E-state index is -4.69. The van der Waals surface area contributed by atoms with Crippen LogP contribution in [-0.4, -0.2) is 40.6 Å². The van der Waals surface area contributed by atoms with Crippen LogP contribution in [0.1, 0.15) is 0 Å². The van der Waals surface area contributed by atoms with Crippen molar-refractivity contribution in [1.29, 1.82) is 0 Å². The molecule has 0 saturated heterocycles. The molecule has 10 nitrogen and oxygen atoms in total. The van der Waals surface area contributed by atoms with E-state index in [4.69, 9.17) is 19.6 Å². The zero-order chi connectivity index (χ0) is 16.3. The van der Waals surface area contributed by atoms with Crippen molar-refractivity contribution < 1.29 is 41.3 Å². The highest BCUT2D eigenvalue weighted by molar-refractivity contribution is 7.87. The summed E-state index contributed by atoms with van der Waals surface area (Å²) in [5.74, 6) is 0. The quantitative estimate of drug-likeness (QED) is 0.331. The molecular formula is C8H13NO9P2S. The van der Waals surface area contributed by atoms with E-state index in [0.717, 1.165) is 6.07 Å². The molecule has 1 aromatic rings. The first-order valence-corrected chi connectivity index (χ1v) is 10.2. The molecule has 21 heavy (non-hydrogen) atoms. The number of benzene rings is 1. The molecule has 0 bridgehead atoms. The van der Waals surface area contributed by atoms with Gasteiger partial charge in [0.15, 0.2) is 6.35 Å². The van der Waals surface area contributed by atoms with Crippen molar-refractivity contribution in [3.63, 3.8) is 0 Å². The molecular weight excluding hydrogens is 348 g/mol. The zero-order valence-electron chi connectivity index (χ0n) is 10.4. The second-order valence-electron chi connectivity index (χ2n) is 3.86. The summed E-state index contributed by atoms with van der Waals surface area (Å²) >= 11 is 0. The van der Waals surface area contributed by atoms with Gasteiger partial charge in [0.1, 0.15) is 11.2 Å². The van der Waals surface area contributed by atoms with Crippen LogP contribution in [0.25, 0.3) is 0 Å². The van der Waals surface area contributed by atoms with E-state index in [2.05, 4.69) is 9.50 Å². The molecule has 1 aromatic carbocycles. The number of para-hydroxylation sites is 1. The van der Waals surface area contributed by atoms with Gasteiger partial charge in [-0.1, -0.05) is 12.1 Å². The van der Waals surface area contributed by atoms with Crippen molar-refractivity contribution in [3.05, 3.63) is 24.3 Å². The van der Waals surface area contributed by atoms with E-state index in [-0.39, 0.29) is 5.69 Å². The molecule has 0 aliphatic heterocycles. The van der Waals surface area contributed by atoms with Gasteiger partial charge in [-0.2, -0.15) is 8.42 Å². The van der Waals surface area contributed by atoms with Crippen molar-refractivity contribution in [3.8, 4) is 0 Å². The van der Waals surface area contributed by atoms with Gasteiger partial charge in [-0.05, 0) is 12.1 Å². The fourth-order valence-corrected chi connectivity index (χ4v) is 3.48. The molecule has 0 amide bonds. The molecule has 5 N–H and O–H groups in total. The average Bonchev–Trinajstić information content (AvgIpc) is 2.33. The normalized spacial score (nSPS) is 13.1. The van der Waals surface area contributed by atoms with Gasteiger partial charge in [0.2, 0.25) is 0 Å². The lowest BCUT2D eigenvalue weighted by molar-refractivity contribution is 0.301. The standard InChI is InChI=1S/C8H13NO9P2S/c10-19(11,12)5-9-7-3-1-2-4-8(7)21(16,17)18-6-20(13,14)15/h1-4,9H,5-6H2,(H2,10,11,12)(H2,13,14,15). The van der Waals surface area contributed by atoms with Gasteiger partial charge in [0.25, 0.3) is 10.1 Å². The summed E-state index contributed by atoms with van der Waals surface area (Å²) in [6.45, 7) is 0. The van der Waals surface area contributed by atoms with E-state index >= 15 is 0 Å². The largest absolute Gasteiger partial charge is 0.373 e. The molecule has 0 saturated carbocycles. The highest BCUT2D eigenvalue weighted by Crippen LogP contribution is 2.37. The van der Waals surface area contributed by atoms with Crippen LogP contribution in [-0.2, 0) is 23.4 Å². The predicted molar refractivity (Wildman–Crippen MR) is 72.2 cm³/mol. The third-order valence-corrected chi connectivity index (χ3v) is 4.54. The molecule has 120 valence electrons. The Bertz CT molecular complexity index is 691. The van der Waals surface area contributed by atoms with E-state index in [9.17, 15) is 17.5 Å². The Kier molecular flexibility index (Phi) is 5.70. The van der Waals surface area contributed by atoms with Gasteiger partial charge in [0, 0.05) is 0 Å². The van der Waals surface area contributed by atoms with Crippen molar-refractivity contribution in [1.82, 2.24) is 0 Å². The molecule has 0 atom stereocenters. The molecule has 0 heterocycles. The monoisotopic (exact) mass is 361 g/mol. The fraction of sp³-hybridized carbons (Fsp3) is 0.250. The Morgan fingerprint density at radius 2 is 1.62 bits per heavy atom. The van der Waals surface area contributed by atoms with Crippen LogP contribution in [0.3, 0.4) is 0 Å². The number of nitrogens with one attached hydrogen (secondary N) is 1. The smallest absolute Gasteiger partial charge is 0.352 e. The summed E-state index contributed by atoms with van der Waals surface area (Å²) in [6, 6.07) is 5.01. The Morgan fingerprint density at radius 3 is 2.14 bits per heavy atom. The lowest BCUT2D eigenvalue weighted by Crippen LogP contribution is -2.12. The molecule has 0 aliphatic carbocycles. The molecule has 1 rings (SSSR count). The minimum Gasteiger partial charge on any atom is -0.373 e. The van der Waals surface area contributed by atoms with Crippen molar-refractivity contribution in [2.45, 2.75) is 4.90 Å². The first kappa shape index (κ1) is 18.3. The van der Waals surface area contributed by atoms with Crippen molar-refractivity contribution >= 4 is 31.0 Å². The van der Waals surface area contributed by atoms with Crippen LogP contribution in [0.2, 0.25) is 0 Å². The van der Waals surface area contributed by atoms with Crippen LogP contribution >= 0.6 is 15.2 Å². The Morgan fingerprint density at radius 1 is 1.05 bits per heavy atom. The summed E-state index contributed by atoms with van der Waals surface area (Å²) in [6.07, 6.45) is -2.14. The van der Waals surface area contributed by atoms with Gasteiger partial charge in [-0.3, -0.25) is 13.3 Å². The number of anilines is 1. The number of rotatable bonds is 7. The van der Waals surface area contributed by atoms with E-state index in [1.165, 1.54) is 18.2 Å². The fourth-order valence-electron chi connectivity index (χ4n) is 1.22. The topological polar surface area (TPSA) is 170 Å². The van der Waals surface area contributed by atoms with Crippen LogP contribution in [0.15, 0.2) is 29.2 Å². The summed E-state index contributed by atoms with van der Waals surface area (Å²) < 4.78 is 49.3. The van der Waals surface area contributed by atoms with Crippen LogP contribution in [0.5, 0.6) is 0 Å². The third-order valence-electron chi connectivity index (χ3n) is 2.01. The Labute approximate surface area is 120 Å². The first-order valence-electron chi connectivity index (χ1n) is 5.22. The van der Waals surface area contributed by atoms with Gasteiger partial charge >= 0.3 is 15.2 Å². The van der Waals surface area contributed by atoms with E-state index < -0.39 is 42.8 Å². The summed E-state index contributed by atoms with van der Waals surface area (Å²) in [7, 11) is -13.6. The molecule has 0 unspecified atom stereocenters. The molecule has 0 aliphatic rings. The number of hydrogen-bond acceptors (Lipinski definition) is 6. The third kappa shape index (κ3) is 6.68. The molecule has 0 spiro atoms. The zero-order valence-corrected chi connectivity index (χ0v) is 13.0. The molecule has 0 aromatic heterocycles. The molecule has 0 fully saturated rings. The maximum absolute atomic E-state index is 11.8. The Balaban J connectivity index is 3.01. The highest BCUT2D eigenvalue weighted by atomic mass is 32.2. The van der Waals surface area contributed by atoms with Crippen LogP contribution < -0.4 is 5.32 Å². The second kappa shape index (κ2) is 6.55. The van der Waals surface area contributed by atoms with Crippen LogP contribution in [0.4, 0.5) is 5.69 Å². The maximum atomic E-state index is 11.8. The highest BCUT2D eigenvalue weighted by Gasteiger charge is 2.25. The summed E-state index contributed by atoms with van der Waals surface area (Å²) in [5.41, 5.74) is -0.161. The molecule has 13 heteroatoms. The van der Waals surface area contributed by atoms with Gasteiger partial charge < -0.3 is 24.9 Å².